The second-order valence-electron chi connectivity index (χ2n) is 9.29. The number of imidazole rings is 1. The smallest absolute Gasteiger partial charge is 0.269 e. The number of amides is 1. The minimum absolute atomic E-state index is 0.103. The van der Waals surface area contributed by atoms with Crippen LogP contribution in [0.3, 0.4) is 0 Å². The van der Waals surface area contributed by atoms with E-state index in [1.54, 1.807) is 28.8 Å². The van der Waals surface area contributed by atoms with E-state index in [0.717, 1.165) is 30.5 Å². The SMILES string of the molecule is C=C(C)C(O)N1CCC(c2c[nH]n3c(C(N)=O)c(-c4ccc(Oc5ccc(F)cc5F)cc4)nc23)CC1. The van der Waals surface area contributed by atoms with Crippen molar-refractivity contribution in [2.75, 3.05) is 13.1 Å². The first kappa shape index (κ1) is 24.7. The molecule has 10 heteroatoms. The summed E-state index contributed by atoms with van der Waals surface area (Å²) in [6.45, 7) is 7.07. The average Bonchev–Trinajstić information content (AvgIpc) is 3.45. The minimum Gasteiger partial charge on any atom is -0.454 e. The molecule has 4 N–H and O–H groups in total. The quantitative estimate of drug-likeness (QED) is 0.318. The molecule has 1 fully saturated rings. The van der Waals surface area contributed by atoms with Crippen molar-refractivity contribution in [3.63, 3.8) is 0 Å². The lowest BCUT2D eigenvalue weighted by Crippen LogP contribution is -2.41. The molecule has 1 unspecified atom stereocenters. The third kappa shape index (κ3) is 4.73. The third-order valence-corrected chi connectivity index (χ3v) is 6.72. The summed E-state index contributed by atoms with van der Waals surface area (Å²) in [5.41, 5.74) is 9.30. The Labute approximate surface area is 212 Å². The van der Waals surface area contributed by atoms with Crippen LogP contribution in [-0.2, 0) is 0 Å². The number of benzene rings is 2. The van der Waals surface area contributed by atoms with Gasteiger partial charge in [-0.3, -0.25) is 14.8 Å². The van der Waals surface area contributed by atoms with Gasteiger partial charge in [-0.15, -0.1) is 0 Å². The van der Waals surface area contributed by atoms with E-state index >= 15 is 0 Å². The number of aliphatic hydroxyl groups excluding tert-OH is 1. The van der Waals surface area contributed by atoms with Crippen LogP contribution in [0.15, 0.2) is 60.8 Å². The van der Waals surface area contributed by atoms with Crippen molar-refractivity contribution in [1.82, 2.24) is 19.5 Å². The van der Waals surface area contributed by atoms with Crippen LogP contribution in [0.2, 0.25) is 0 Å². The van der Waals surface area contributed by atoms with Crippen molar-refractivity contribution in [3.05, 3.63) is 83.7 Å². The second-order valence-corrected chi connectivity index (χ2v) is 9.29. The summed E-state index contributed by atoms with van der Waals surface area (Å²) in [6, 6.07) is 9.70. The first-order valence-corrected chi connectivity index (χ1v) is 11.9. The zero-order valence-electron chi connectivity index (χ0n) is 20.2. The number of aromatic nitrogens is 3. The van der Waals surface area contributed by atoms with E-state index < -0.39 is 23.8 Å². The fraction of sp³-hybridized carbons (Fsp3) is 0.259. The number of ether oxygens (including phenoxy) is 1. The molecule has 3 heterocycles. The van der Waals surface area contributed by atoms with Crippen molar-refractivity contribution in [2.24, 2.45) is 5.73 Å². The van der Waals surface area contributed by atoms with E-state index in [1.165, 1.54) is 6.07 Å². The standard InChI is InChI=1S/C27H27F2N5O3/c1-15(2)27(36)33-11-9-16(10-12-33)20-14-31-34-24(25(30)35)23(32-26(20)34)17-3-6-19(7-4-17)37-22-8-5-18(28)13-21(22)29/h3-8,13-14,16,27,31,36H,1,9-12H2,2H3,(H2,30,35). The van der Waals surface area contributed by atoms with Gasteiger partial charge in [-0.25, -0.2) is 18.3 Å². The number of primary amides is 1. The van der Waals surface area contributed by atoms with Crippen LogP contribution in [0.1, 0.15) is 41.7 Å². The van der Waals surface area contributed by atoms with Gasteiger partial charge in [0.15, 0.2) is 22.9 Å². The highest BCUT2D eigenvalue weighted by atomic mass is 19.1. The molecule has 4 aromatic rings. The zero-order chi connectivity index (χ0) is 26.3. The number of likely N-dealkylation sites (tertiary alicyclic amines) is 1. The maximum atomic E-state index is 13.9. The minimum atomic E-state index is -0.809. The molecule has 0 radical (unpaired) electrons. The summed E-state index contributed by atoms with van der Waals surface area (Å²) >= 11 is 0. The number of hydrogen-bond donors (Lipinski definition) is 3. The summed E-state index contributed by atoms with van der Waals surface area (Å²) in [5.74, 6) is -1.71. The van der Waals surface area contributed by atoms with E-state index in [2.05, 4.69) is 11.7 Å². The van der Waals surface area contributed by atoms with Crippen molar-refractivity contribution in [1.29, 1.82) is 0 Å². The lowest BCUT2D eigenvalue weighted by atomic mass is 9.91. The lowest BCUT2D eigenvalue weighted by molar-refractivity contribution is 0.0162. The fourth-order valence-corrected chi connectivity index (χ4v) is 4.80. The molecule has 0 aliphatic carbocycles. The average molecular weight is 508 g/mol. The highest BCUT2D eigenvalue weighted by Gasteiger charge is 2.29. The van der Waals surface area contributed by atoms with Crippen LogP contribution >= 0.6 is 0 Å². The first-order chi connectivity index (χ1) is 17.7. The lowest BCUT2D eigenvalue weighted by Gasteiger charge is -2.35. The summed E-state index contributed by atoms with van der Waals surface area (Å²) < 4.78 is 34.2. The van der Waals surface area contributed by atoms with Crippen LogP contribution in [0.5, 0.6) is 11.5 Å². The summed E-state index contributed by atoms with van der Waals surface area (Å²) in [7, 11) is 0. The Morgan fingerprint density at radius 1 is 1.22 bits per heavy atom. The van der Waals surface area contributed by atoms with Gasteiger partial charge in [0, 0.05) is 36.5 Å². The number of aromatic amines is 1. The number of rotatable bonds is 7. The number of halogens is 2. The Morgan fingerprint density at radius 2 is 1.92 bits per heavy atom. The van der Waals surface area contributed by atoms with Gasteiger partial charge in [0.05, 0.1) is 0 Å². The van der Waals surface area contributed by atoms with Gasteiger partial charge >= 0.3 is 0 Å². The molecule has 8 nitrogen and oxygen atoms in total. The Bertz CT molecular complexity index is 1470. The van der Waals surface area contributed by atoms with Crippen LogP contribution in [0, 0.1) is 11.6 Å². The molecule has 1 saturated heterocycles. The third-order valence-electron chi connectivity index (χ3n) is 6.72. The summed E-state index contributed by atoms with van der Waals surface area (Å²) in [6.07, 6.45) is 2.83. The van der Waals surface area contributed by atoms with Crippen LogP contribution in [0.4, 0.5) is 8.78 Å². The van der Waals surface area contributed by atoms with Crippen molar-refractivity contribution in [3.8, 4) is 22.8 Å². The molecular formula is C27H27F2N5O3. The molecule has 1 aliphatic heterocycles. The molecular weight excluding hydrogens is 480 g/mol. The first-order valence-electron chi connectivity index (χ1n) is 11.9. The second kappa shape index (κ2) is 9.79. The topological polar surface area (TPSA) is 109 Å². The van der Waals surface area contributed by atoms with Gasteiger partial charge in [0.25, 0.3) is 5.91 Å². The number of nitrogens with two attached hydrogens (primary N) is 1. The molecule has 0 spiro atoms. The van der Waals surface area contributed by atoms with E-state index in [4.69, 9.17) is 15.5 Å². The Balaban J connectivity index is 1.41. The zero-order valence-corrected chi connectivity index (χ0v) is 20.2. The Hall–Kier alpha value is -4.02. The largest absolute Gasteiger partial charge is 0.454 e. The number of piperidine rings is 1. The molecule has 1 amide bonds. The number of carbonyl (C=O) groups is 1. The van der Waals surface area contributed by atoms with Gasteiger partial charge in [-0.2, -0.15) is 0 Å². The highest BCUT2D eigenvalue weighted by Crippen LogP contribution is 2.35. The number of nitrogens with zero attached hydrogens (tertiary/aromatic N) is 3. The predicted octanol–water partition coefficient (Wildman–Crippen LogP) is 4.57. The Morgan fingerprint density at radius 3 is 2.54 bits per heavy atom. The van der Waals surface area contributed by atoms with E-state index in [-0.39, 0.29) is 17.4 Å². The number of carbonyl (C=O) groups excluding carboxylic acids is 1. The van der Waals surface area contributed by atoms with E-state index in [1.807, 2.05) is 18.0 Å². The van der Waals surface area contributed by atoms with Crippen molar-refractivity contribution < 1.29 is 23.4 Å². The van der Waals surface area contributed by atoms with Gasteiger partial charge in [-0.05, 0) is 67.7 Å². The molecule has 0 saturated carbocycles. The molecule has 37 heavy (non-hydrogen) atoms. The molecule has 2 aromatic heterocycles. The number of H-pyrrole nitrogens is 1. The fourth-order valence-electron chi connectivity index (χ4n) is 4.80. The molecule has 2 aromatic carbocycles. The molecule has 192 valence electrons. The van der Waals surface area contributed by atoms with Gasteiger partial charge in [0.1, 0.15) is 23.5 Å². The van der Waals surface area contributed by atoms with Crippen LogP contribution < -0.4 is 10.5 Å². The highest BCUT2D eigenvalue weighted by molar-refractivity contribution is 5.98. The number of nitrogens with one attached hydrogen (secondary N) is 1. The molecule has 5 rings (SSSR count). The van der Waals surface area contributed by atoms with Crippen molar-refractivity contribution in [2.45, 2.75) is 31.9 Å². The number of aliphatic hydroxyl groups is 1. The molecule has 1 atom stereocenters. The summed E-state index contributed by atoms with van der Waals surface area (Å²) in [5, 5.41) is 13.4. The van der Waals surface area contributed by atoms with E-state index in [0.29, 0.717) is 41.3 Å². The predicted molar refractivity (Wildman–Crippen MR) is 134 cm³/mol. The van der Waals surface area contributed by atoms with Gasteiger partial charge in [0.2, 0.25) is 0 Å². The van der Waals surface area contributed by atoms with Crippen LogP contribution in [0.25, 0.3) is 16.9 Å². The number of hydrogen-bond acceptors (Lipinski definition) is 5. The Kier molecular flexibility index (Phi) is 6.53. The van der Waals surface area contributed by atoms with E-state index in [9.17, 15) is 18.7 Å². The van der Waals surface area contributed by atoms with Crippen LogP contribution in [-0.4, -0.2) is 49.8 Å². The maximum Gasteiger partial charge on any atom is 0.269 e. The monoisotopic (exact) mass is 507 g/mol. The molecule has 0 bridgehead atoms. The summed E-state index contributed by atoms with van der Waals surface area (Å²) in [4.78, 5) is 19.2. The van der Waals surface area contributed by atoms with Gasteiger partial charge in [-0.1, -0.05) is 6.58 Å². The normalized spacial score (nSPS) is 15.7. The number of fused-ring (bicyclic) bond motifs is 1. The molecule has 1 aliphatic rings. The maximum absolute atomic E-state index is 13.9. The van der Waals surface area contributed by atoms with Gasteiger partial charge < -0.3 is 15.6 Å². The van der Waals surface area contributed by atoms with Crippen molar-refractivity contribution >= 4 is 11.6 Å².